The standard InChI is InChI=1S/C28H19ClF5N3O/c1-13-7-6-9-17-19(15(3)36(26(13)17)12-16-8-4-5-10-20(16)29)11-18-14(2)35-37(28(18)38)27-24(33)22(31)21(30)23(32)25(27)34/h4-11H,12H2,1-3H3/b18-11+. The summed E-state index contributed by atoms with van der Waals surface area (Å²) in [6.45, 7) is 5.66. The topological polar surface area (TPSA) is 37.6 Å². The van der Waals surface area contributed by atoms with E-state index in [2.05, 4.69) is 5.10 Å². The van der Waals surface area contributed by atoms with E-state index in [-0.39, 0.29) is 16.3 Å². The number of hydrogen-bond acceptors (Lipinski definition) is 2. The summed E-state index contributed by atoms with van der Waals surface area (Å²) in [5, 5.41) is 5.44. The molecule has 1 aromatic heterocycles. The van der Waals surface area contributed by atoms with Crippen LogP contribution in [0.2, 0.25) is 5.02 Å². The molecule has 194 valence electrons. The second-order valence-electron chi connectivity index (χ2n) is 8.93. The first-order chi connectivity index (χ1) is 18.0. The Labute approximate surface area is 219 Å². The molecule has 1 amide bonds. The smallest absolute Gasteiger partial charge is 0.280 e. The van der Waals surface area contributed by atoms with E-state index in [4.69, 9.17) is 11.6 Å². The SMILES string of the molecule is CC1=NN(c2c(F)c(F)c(F)c(F)c2F)C(=O)/C1=C/c1c(C)n(Cc2ccccc2Cl)c2c(C)cccc12. The summed E-state index contributed by atoms with van der Waals surface area (Å²) in [6, 6.07) is 13.1. The van der Waals surface area contributed by atoms with Crippen LogP contribution < -0.4 is 5.01 Å². The van der Waals surface area contributed by atoms with Gasteiger partial charge in [0, 0.05) is 28.2 Å². The minimum absolute atomic E-state index is 0.0460. The minimum Gasteiger partial charge on any atom is -0.340 e. The van der Waals surface area contributed by atoms with Crippen LogP contribution in [-0.2, 0) is 11.3 Å². The number of amides is 1. The van der Waals surface area contributed by atoms with Gasteiger partial charge in [0.1, 0.15) is 5.69 Å². The van der Waals surface area contributed by atoms with Crippen molar-refractivity contribution in [2.75, 3.05) is 5.01 Å². The van der Waals surface area contributed by atoms with Crippen molar-refractivity contribution in [2.45, 2.75) is 27.3 Å². The number of para-hydroxylation sites is 1. The molecule has 0 saturated heterocycles. The Kier molecular flexibility index (Phi) is 6.35. The maximum Gasteiger partial charge on any atom is 0.280 e. The van der Waals surface area contributed by atoms with Crippen LogP contribution in [0.3, 0.4) is 0 Å². The van der Waals surface area contributed by atoms with Crippen LogP contribution in [0.1, 0.15) is 29.3 Å². The Hall–Kier alpha value is -3.98. The molecule has 0 atom stereocenters. The van der Waals surface area contributed by atoms with Gasteiger partial charge in [-0.2, -0.15) is 10.1 Å². The summed E-state index contributed by atoms with van der Waals surface area (Å²) >= 11 is 6.40. The second kappa shape index (κ2) is 9.40. The molecule has 0 N–H and O–H groups in total. The van der Waals surface area contributed by atoms with Gasteiger partial charge in [0.05, 0.1) is 16.8 Å². The van der Waals surface area contributed by atoms with Crippen molar-refractivity contribution in [1.29, 1.82) is 0 Å². The van der Waals surface area contributed by atoms with Gasteiger partial charge in [-0.1, -0.05) is 48.0 Å². The molecule has 4 nitrogen and oxygen atoms in total. The number of carbonyl (C=O) groups excluding carboxylic acids is 1. The molecule has 38 heavy (non-hydrogen) atoms. The summed E-state index contributed by atoms with van der Waals surface area (Å²) in [7, 11) is 0. The minimum atomic E-state index is -2.32. The number of aromatic nitrogens is 1. The first-order valence-corrected chi connectivity index (χ1v) is 11.9. The molecule has 0 aliphatic carbocycles. The lowest BCUT2D eigenvalue weighted by Crippen LogP contribution is -2.25. The normalized spacial score (nSPS) is 14.8. The second-order valence-corrected chi connectivity index (χ2v) is 9.33. The molecule has 1 aliphatic heterocycles. The number of halogens is 6. The quantitative estimate of drug-likeness (QED) is 0.114. The van der Waals surface area contributed by atoms with Crippen LogP contribution in [-0.4, -0.2) is 16.2 Å². The van der Waals surface area contributed by atoms with E-state index in [1.54, 1.807) is 6.07 Å². The fraction of sp³-hybridized carbons (Fsp3) is 0.143. The number of hydrogen-bond donors (Lipinski definition) is 0. The van der Waals surface area contributed by atoms with Crippen LogP contribution in [0.15, 0.2) is 53.1 Å². The first kappa shape index (κ1) is 25.7. The van der Waals surface area contributed by atoms with Crippen molar-refractivity contribution < 1.29 is 26.7 Å². The van der Waals surface area contributed by atoms with Crippen molar-refractivity contribution >= 4 is 45.9 Å². The molecule has 0 saturated carbocycles. The van der Waals surface area contributed by atoms with Crippen LogP contribution in [0.4, 0.5) is 27.6 Å². The van der Waals surface area contributed by atoms with Gasteiger partial charge >= 0.3 is 0 Å². The van der Waals surface area contributed by atoms with Gasteiger partial charge in [-0.3, -0.25) is 4.79 Å². The lowest BCUT2D eigenvalue weighted by Gasteiger charge is -2.15. The highest BCUT2D eigenvalue weighted by Crippen LogP contribution is 2.36. The van der Waals surface area contributed by atoms with E-state index in [0.29, 0.717) is 17.1 Å². The van der Waals surface area contributed by atoms with Crippen LogP contribution >= 0.6 is 11.6 Å². The van der Waals surface area contributed by atoms with E-state index in [9.17, 15) is 26.7 Å². The predicted octanol–water partition coefficient (Wildman–Crippen LogP) is 7.46. The number of carbonyl (C=O) groups is 1. The average Bonchev–Trinajstić information content (AvgIpc) is 3.32. The van der Waals surface area contributed by atoms with Gasteiger partial charge in [0.15, 0.2) is 23.3 Å². The zero-order chi connectivity index (χ0) is 27.5. The van der Waals surface area contributed by atoms with Gasteiger partial charge < -0.3 is 4.57 Å². The Morgan fingerprint density at radius 2 is 1.50 bits per heavy atom. The molecule has 3 aromatic carbocycles. The van der Waals surface area contributed by atoms with E-state index in [0.717, 1.165) is 27.7 Å². The summed E-state index contributed by atoms with van der Waals surface area (Å²) in [4.78, 5) is 13.2. The molecule has 0 radical (unpaired) electrons. The Balaban J connectivity index is 1.65. The lowest BCUT2D eigenvalue weighted by molar-refractivity contribution is -0.114. The maximum atomic E-state index is 14.5. The molecular weight excluding hydrogens is 525 g/mol. The number of fused-ring (bicyclic) bond motifs is 1. The van der Waals surface area contributed by atoms with E-state index in [1.165, 1.54) is 13.0 Å². The third-order valence-corrected chi connectivity index (χ3v) is 7.00. The lowest BCUT2D eigenvalue weighted by atomic mass is 10.0. The summed E-state index contributed by atoms with van der Waals surface area (Å²) in [6.07, 6.45) is 1.52. The highest BCUT2D eigenvalue weighted by Gasteiger charge is 2.37. The van der Waals surface area contributed by atoms with E-state index >= 15 is 0 Å². The van der Waals surface area contributed by atoms with Crippen molar-refractivity contribution in [3.8, 4) is 0 Å². The maximum absolute atomic E-state index is 14.5. The van der Waals surface area contributed by atoms with Gasteiger partial charge in [0.2, 0.25) is 5.82 Å². The summed E-state index contributed by atoms with van der Waals surface area (Å²) in [5.74, 6) is -11.9. The molecule has 10 heteroatoms. The number of aryl methyl sites for hydroxylation is 1. The number of hydrazone groups is 1. The number of benzene rings is 3. The third kappa shape index (κ3) is 3.89. The average molecular weight is 544 g/mol. The Morgan fingerprint density at radius 1 is 0.868 bits per heavy atom. The first-order valence-electron chi connectivity index (χ1n) is 11.5. The van der Waals surface area contributed by atoms with Crippen molar-refractivity contribution in [1.82, 2.24) is 4.57 Å². The zero-order valence-corrected chi connectivity index (χ0v) is 21.1. The monoisotopic (exact) mass is 543 g/mol. The molecule has 0 unspecified atom stereocenters. The molecule has 1 aliphatic rings. The van der Waals surface area contributed by atoms with Gasteiger partial charge in [0.25, 0.3) is 5.91 Å². The molecule has 0 spiro atoms. The number of anilines is 1. The largest absolute Gasteiger partial charge is 0.340 e. The highest BCUT2D eigenvalue weighted by molar-refractivity contribution is 6.32. The van der Waals surface area contributed by atoms with Crippen molar-refractivity contribution in [3.63, 3.8) is 0 Å². The Morgan fingerprint density at radius 3 is 2.16 bits per heavy atom. The highest BCUT2D eigenvalue weighted by atomic mass is 35.5. The zero-order valence-electron chi connectivity index (χ0n) is 20.3. The molecular formula is C28H19ClF5N3O. The molecule has 0 fully saturated rings. The molecule has 4 aromatic rings. The fourth-order valence-corrected chi connectivity index (χ4v) is 4.87. The third-order valence-electron chi connectivity index (χ3n) is 6.63. The van der Waals surface area contributed by atoms with E-state index < -0.39 is 40.7 Å². The molecule has 2 heterocycles. The van der Waals surface area contributed by atoms with Gasteiger partial charge in [-0.05, 0) is 44.0 Å². The van der Waals surface area contributed by atoms with E-state index in [1.807, 2.05) is 54.8 Å². The van der Waals surface area contributed by atoms with Crippen LogP contribution in [0.25, 0.3) is 17.0 Å². The summed E-state index contributed by atoms with van der Waals surface area (Å²) in [5.41, 5.74) is 2.74. The predicted molar refractivity (Wildman–Crippen MR) is 137 cm³/mol. The Bertz CT molecular complexity index is 1690. The van der Waals surface area contributed by atoms with Crippen molar-refractivity contribution in [2.24, 2.45) is 5.10 Å². The number of rotatable bonds is 4. The van der Waals surface area contributed by atoms with Gasteiger partial charge in [-0.25, -0.2) is 22.0 Å². The molecule has 5 rings (SSSR count). The van der Waals surface area contributed by atoms with Crippen LogP contribution in [0.5, 0.6) is 0 Å². The van der Waals surface area contributed by atoms with Crippen LogP contribution in [0, 0.1) is 42.9 Å². The van der Waals surface area contributed by atoms with Crippen molar-refractivity contribution in [3.05, 3.63) is 105 Å². The number of nitrogens with zero attached hydrogens (tertiary/aromatic N) is 3. The van der Waals surface area contributed by atoms with Gasteiger partial charge in [-0.15, -0.1) is 0 Å². The molecule has 0 bridgehead atoms. The summed E-state index contributed by atoms with van der Waals surface area (Å²) < 4.78 is 72.1. The fourth-order valence-electron chi connectivity index (χ4n) is 4.68.